The lowest BCUT2D eigenvalue weighted by Crippen LogP contribution is -2.38. The number of carbonyl (C=O) groups excluding carboxylic acids is 2. The molecular formula is C21H21BrN2O2. The van der Waals surface area contributed by atoms with Crippen molar-refractivity contribution in [1.29, 1.82) is 0 Å². The van der Waals surface area contributed by atoms with Crippen LogP contribution in [0.2, 0.25) is 0 Å². The Morgan fingerprint density at radius 1 is 0.885 bits per heavy atom. The molecule has 4 nitrogen and oxygen atoms in total. The summed E-state index contributed by atoms with van der Waals surface area (Å²) in [5.41, 5.74) is 0.441. The first-order valence-electron chi connectivity index (χ1n) is 8.76. The Balaban J connectivity index is 1.63. The van der Waals surface area contributed by atoms with E-state index in [1.54, 1.807) is 0 Å². The molecule has 2 amide bonds. The van der Waals surface area contributed by atoms with E-state index in [9.17, 15) is 9.59 Å². The van der Waals surface area contributed by atoms with Crippen molar-refractivity contribution in [2.75, 3.05) is 18.0 Å². The fourth-order valence-electron chi connectivity index (χ4n) is 4.27. The number of imide groups is 1. The Kier molecular flexibility index (Phi) is 4.04. The molecule has 2 aliphatic rings. The Labute approximate surface area is 161 Å². The van der Waals surface area contributed by atoms with Crippen molar-refractivity contribution in [1.82, 2.24) is 4.90 Å². The van der Waals surface area contributed by atoms with Crippen molar-refractivity contribution < 1.29 is 9.59 Å². The Morgan fingerprint density at radius 3 is 1.96 bits per heavy atom. The van der Waals surface area contributed by atoms with Gasteiger partial charge in [-0.3, -0.25) is 14.5 Å². The van der Waals surface area contributed by atoms with Gasteiger partial charge in [0.2, 0.25) is 11.8 Å². The number of carbonyl (C=O) groups is 2. The minimum atomic E-state index is -0.702. The molecule has 26 heavy (non-hydrogen) atoms. The van der Waals surface area contributed by atoms with Crippen LogP contribution in [0.5, 0.6) is 0 Å². The van der Waals surface area contributed by atoms with Crippen molar-refractivity contribution in [3.05, 3.63) is 64.6 Å². The van der Waals surface area contributed by atoms with E-state index in [1.807, 2.05) is 56.3 Å². The lowest BCUT2D eigenvalue weighted by atomic mass is 9.70. The van der Waals surface area contributed by atoms with Gasteiger partial charge < -0.3 is 0 Å². The topological polar surface area (TPSA) is 40.6 Å². The zero-order valence-electron chi connectivity index (χ0n) is 14.9. The number of rotatable bonds is 3. The number of hydrogen-bond acceptors (Lipinski definition) is 3. The summed E-state index contributed by atoms with van der Waals surface area (Å²) in [6, 6.07) is 17.5. The largest absolute Gasteiger partial charge is 0.297 e. The summed E-state index contributed by atoms with van der Waals surface area (Å²) in [6.07, 6.45) is 0. The third-order valence-corrected chi connectivity index (χ3v) is 6.51. The van der Waals surface area contributed by atoms with Crippen LogP contribution in [0.25, 0.3) is 0 Å². The minimum absolute atomic E-state index is 0.0946. The van der Waals surface area contributed by atoms with Gasteiger partial charge in [-0.25, -0.2) is 4.90 Å². The van der Waals surface area contributed by atoms with E-state index in [0.717, 1.165) is 11.0 Å². The van der Waals surface area contributed by atoms with E-state index in [1.165, 1.54) is 10.5 Å². The van der Waals surface area contributed by atoms with Crippen molar-refractivity contribution in [3.8, 4) is 0 Å². The highest BCUT2D eigenvalue weighted by atomic mass is 79.9. The van der Waals surface area contributed by atoms with Crippen LogP contribution in [-0.4, -0.2) is 29.8 Å². The Hall–Kier alpha value is -1.98. The van der Waals surface area contributed by atoms with E-state index in [2.05, 4.69) is 33.0 Å². The summed E-state index contributed by atoms with van der Waals surface area (Å²) in [6.45, 7) is 5.82. The third-order valence-electron chi connectivity index (χ3n) is 5.98. The maximum atomic E-state index is 13.3. The number of anilines is 1. The van der Waals surface area contributed by atoms with Crippen LogP contribution < -0.4 is 4.90 Å². The lowest BCUT2D eigenvalue weighted by Gasteiger charge is -2.26. The molecule has 2 fully saturated rings. The van der Waals surface area contributed by atoms with Crippen molar-refractivity contribution in [2.45, 2.75) is 20.4 Å². The molecule has 134 valence electrons. The van der Waals surface area contributed by atoms with Crippen LogP contribution in [0.3, 0.4) is 0 Å². The average Bonchev–Trinajstić information content (AvgIpc) is 2.96. The number of fused-ring (bicyclic) bond motifs is 1. The molecule has 2 aromatic rings. The maximum Gasteiger partial charge on any atom is 0.242 e. The molecule has 2 unspecified atom stereocenters. The molecule has 5 heteroatoms. The smallest absolute Gasteiger partial charge is 0.242 e. The van der Waals surface area contributed by atoms with E-state index in [-0.39, 0.29) is 11.8 Å². The lowest BCUT2D eigenvalue weighted by molar-refractivity contribution is -0.128. The first-order chi connectivity index (χ1) is 12.3. The molecule has 0 aromatic heterocycles. The normalized spacial score (nSPS) is 28.7. The van der Waals surface area contributed by atoms with Gasteiger partial charge in [-0.2, -0.15) is 0 Å². The summed E-state index contributed by atoms with van der Waals surface area (Å²) in [5, 5.41) is 0. The highest BCUT2D eigenvalue weighted by Crippen LogP contribution is 2.54. The van der Waals surface area contributed by atoms with Gasteiger partial charge in [-0.1, -0.05) is 46.3 Å². The molecule has 0 N–H and O–H groups in total. The van der Waals surface area contributed by atoms with Gasteiger partial charge in [-0.15, -0.1) is 0 Å². The van der Waals surface area contributed by atoms with Gasteiger partial charge in [0.1, 0.15) is 0 Å². The molecular weight excluding hydrogens is 392 g/mol. The summed E-state index contributed by atoms with van der Waals surface area (Å²) >= 11 is 3.40. The van der Waals surface area contributed by atoms with Crippen LogP contribution in [0.1, 0.15) is 19.4 Å². The standard InChI is InChI=1S/C21H21BrN2O2/c1-20-13-23(12-15-6-4-3-5-7-15)14-21(20,2)19(26)24(18(20)25)17-10-8-16(22)9-11-17/h3-11H,12-14H2,1-2H3. The van der Waals surface area contributed by atoms with Gasteiger partial charge in [0.15, 0.2) is 0 Å². The van der Waals surface area contributed by atoms with E-state index >= 15 is 0 Å². The molecule has 0 saturated carbocycles. The second-order valence-corrected chi connectivity index (χ2v) is 8.63. The number of likely N-dealkylation sites (tertiary alicyclic amines) is 1. The van der Waals surface area contributed by atoms with Crippen LogP contribution in [0.4, 0.5) is 5.69 Å². The molecule has 0 bridgehead atoms. The summed E-state index contributed by atoms with van der Waals surface area (Å²) in [5.74, 6) is -0.189. The van der Waals surface area contributed by atoms with Gasteiger partial charge in [-0.05, 0) is 43.7 Å². The quantitative estimate of drug-likeness (QED) is 0.718. The number of halogens is 1. The molecule has 0 aliphatic carbocycles. The van der Waals surface area contributed by atoms with Gasteiger partial charge in [0.25, 0.3) is 0 Å². The maximum absolute atomic E-state index is 13.3. The SMILES string of the molecule is CC12CN(Cc3ccccc3)CC1(C)C(=O)N(c1ccc(Br)cc1)C2=O. The number of benzene rings is 2. The van der Waals surface area contributed by atoms with Gasteiger partial charge in [0, 0.05) is 24.1 Å². The zero-order chi connectivity index (χ0) is 18.5. The number of hydrogen-bond donors (Lipinski definition) is 0. The van der Waals surface area contributed by atoms with Crippen LogP contribution in [0, 0.1) is 10.8 Å². The number of amides is 2. The Morgan fingerprint density at radius 2 is 1.42 bits per heavy atom. The summed E-state index contributed by atoms with van der Waals surface area (Å²) < 4.78 is 0.923. The first-order valence-corrected chi connectivity index (χ1v) is 9.55. The zero-order valence-corrected chi connectivity index (χ0v) is 16.5. The molecule has 2 saturated heterocycles. The fourth-order valence-corrected chi connectivity index (χ4v) is 4.53. The van der Waals surface area contributed by atoms with E-state index < -0.39 is 10.8 Å². The molecule has 0 radical (unpaired) electrons. The van der Waals surface area contributed by atoms with E-state index in [0.29, 0.717) is 18.8 Å². The Bertz CT molecular complexity index is 837. The highest BCUT2D eigenvalue weighted by molar-refractivity contribution is 9.10. The minimum Gasteiger partial charge on any atom is -0.297 e. The van der Waals surface area contributed by atoms with E-state index in [4.69, 9.17) is 0 Å². The highest BCUT2D eigenvalue weighted by Gasteiger charge is 2.68. The molecule has 2 heterocycles. The first kappa shape index (κ1) is 17.4. The summed E-state index contributed by atoms with van der Waals surface area (Å²) in [4.78, 5) is 30.2. The molecule has 0 spiro atoms. The fraction of sp³-hybridized carbons (Fsp3) is 0.333. The predicted octanol–water partition coefficient (Wildman–Crippen LogP) is 3.85. The summed E-state index contributed by atoms with van der Waals surface area (Å²) in [7, 11) is 0. The van der Waals surface area contributed by atoms with Crippen molar-refractivity contribution in [2.24, 2.45) is 10.8 Å². The van der Waals surface area contributed by atoms with Crippen LogP contribution >= 0.6 is 15.9 Å². The van der Waals surface area contributed by atoms with Crippen molar-refractivity contribution >= 4 is 33.4 Å². The molecule has 4 rings (SSSR count). The third kappa shape index (κ3) is 2.45. The average molecular weight is 413 g/mol. The monoisotopic (exact) mass is 412 g/mol. The van der Waals surface area contributed by atoms with Crippen molar-refractivity contribution in [3.63, 3.8) is 0 Å². The van der Waals surface area contributed by atoms with Gasteiger partial charge >= 0.3 is 0 Å². The molecule has 2 atom stereocenters. The second-order valence-electron chi connectivity index (χ2n) is 7.72. The van der Waals surface area contributed by atoms with Gasteiger partial charge in [0.05, 0.1) is 16.5 Å². The number of nitrogens with zero attached hydrogens (tertiary/aromatic N) is 2. The van der Waals surface area contributed by atoms with Crippen LogP contribution in [0.15, 0.2) is 59.1 Å². The van der Waals surface area contributed by atoms with Crippen LogP contribution in [-0.2, 0) is 16.1 Å². The molecule has 2 aliphatic heterocycles. The second kappa shape index (κ2) is 6.03. The predicted molar refractivity (Wildman–Crippen MR) is 105 cm³/mol. The molecule has 2 aromatic carbocycles.